The summed E-state index contributed by atoms with van der Waals surface area (Å²) in [6.07, 6.45) is 3.68. The van der Waals surface area contributed by atoms with E-state index in [-0.39, 0.29) is 17.8 Å². The van der Waals surface area contributed by atoms with Gasteiger partial charge in [0.1, 0.15) is 6.33 Å². The van der Waals surface area contributed by atoms with Gasteiger partial charge in [0.15, 0.2) is 10.3 Å². The monoisotopic (exact) mass is 493 g/mol. The number of anilines is 1. The van der Waals surface area contributed by atoms with Crippen molar-refractivity contribution in [1.29, 1.82) is 0 Å². The van der Waals surface area contributed by atoms with E-state index in [0.717, 1.165) is 35.2 Å². The van der Waals surface area contributed by atoms with Gasteiger partial charge in [0.05, 0.1) is 24.1 Å². The lowest BCUT2D eigenvalue weighted by molar-refractivity contribution is -0.116. The molecule has 4 rings (SSSR count). The number of hydrogen-bond acceptors (Lipinski definition) is 7. The first kappa shape index (κ1) is 20.5. The number of thiazole rings is 1. The number of ether oxygens (including phenoxy) is 1. The minimum absolute atomic E-state index is 0.00907. The Morgan fingerprint density at radius 2 is 2.24 bits per heavy atom. The van der Waals surface area contributed by atoms with Crippen LogP contribution in [0.25, 0.3) is 11.3 Å². The lowest BCUT2D eigenvalue weighted by atomic mass is 10.2. The Morgan fingerprint density at radius 3 is 2.93 bits per heavy atom. The van der Waals surface area contributed by atoms with E-state index < -0.39 is 0 Å². The summed E-state index contributed by atoms with van der Waals surface area (Å²) in [4.78, 5) is 19.6. The van der Waals surface area contributed by atoms with Crippen LogP contribution in [0.4, 0.5) is 5.13 Å². The number of aryl methyl sites for hydroxylation is 1. The molecule has 29 heavy (non-hydrogen) atoms. The zero-order valence-corrected chi connectivity index (χ0v) is 19.0. The molecule has 0 radical (unpaired) electrons. The summed E-state index contributed by atoms with van der Waals surface area (Å²) in [6, 6.07) is 8.00. The Labute approximate surface area is 185 Å². The molecule has 1 saturated heterocycles. The van der Waals surface area contributed by atoms with Gasteiger partial charge in [-0.2, -0.15) is 0 Å². The maximum absolute atomic E-state index is 13.1. The maximum Gasteiger partial charge on any atom is 0.239 e. The molecule has 3 aromatic rings. The average Bonchev–Trinajstić information content (AvgIpc) is 3.47. The van der Waals surface area contributed by atoms with Crippen molar-refractivity contribution in [3.05, 3.63) is 40.4 Å². The van der Waals surface area contributed by atoms with E-state index in [0.29, 0.717) is 16.8 Å². The Hall–Kier alpha value is -1.75. The smallest absolute Gasteiger partial charge is 0.239 e. The zero-order chi connectivity index (χ0) is 20.2. The van der Waals surface area contributed by atoms with Crippen molar-refractivity contribution in [3.8, 4) is 11.3 Å². The molecule has 0 aliphatic carbocycles. The lowest BCUT2D eigenvalue weighted by Crippen LogP contribution is -2.38. The summed E-state index contributed by atoms with van der Waals surface area (Å²) < 4.78 is 8.60. The molecule has 3 heterocycles. The Bertz CT molecular complexity index is 969. The molecule has 10 heteroatoms. The van der Waals surface area contributed by atoms with E-state index in [2.05, 4.69) is 26.1 Å². The molecule has 0 spiro atoms. The number of rotatable bonds is 7. The van der Waals surface area contributed by atoms with Crippen LogP contribution in [0, 0.1) is 0 Å². The fourth-order valence-corrected chi connectivity index (χ4v) is 4.92. The largest absolute Gasteiger partial charge is 0.376 e. The summed E-state index contributed by atoms with van der Waals surface area (Å²) in [7, 11) is 1.86. The van der Waals surface area contributed by atoms with Crippen molar-refractivity contribution >= 4 is 50.1 Å². The first-order valence-electron chi connectivity index (χ1n) is 9.20. The average molecular weight is 494 g/mol. The fraction of sp³-hybridized carbons (Fsp3) is 0.368. The van der Waals surface area contributed by atoms with Crippen LogP contribution in [0.5, 0.6) is 0 Å². The van der Waals surface area contributed by atoms with Crippen molar-refractivity contribution in [1.82, 2.24) is 19.7 Å². The molecular formula is C19H20BrN5O2S2. The number of benzene rings is 1. The maximum atomic E-state index is 13.1. The van der Waals surface area contributed by atoms with Crippen molar-refractivity contribution in [2.45, 2.75) is 24.1 Å². The number of thioether (sulfide) groups is 1. The van der Waals surface area contributed by atoms with Crippen molar-refractivity contribution in [3.63, 3.8) is 0 Å². The Morgan fingerprint density at radius 1 is 1.41 bits per heavy atom. The van der Waals surface area contributed by atoms with E-state index in [1.807, 2.05) is 36.7 Å². The fourth-order valence-electron chi connectivity index (χ4n) is 3.03. The van der Waals surface area contributed by atoms with Crippen LogP contribution in [-0.4, -0.2) is 50.7 Å². The van der Waals surface area contributed by atoms with E-state index >= 15 is 0 Å². The molecule has 1 amide bonds. The standard InChI is InChI=1S/C19H20BrN5O2S2/c1-24-12-21-23-19(24)29-11-17(26)25(9-15-3-2-8-27-15)18-22-16(10-28-18)13-4-6-14(20)7-5-13/h4-7,10,12,15H,2-3,8-9,11H2,1H3/t15-/m1/s1. The molecular weight excluding hydrogens is 474 g/mol. The number of aromatic nitrogens is 4. The Balaban J connectivity index is 1.52. The van der Waals surface area contributed by atoms with Gasteiger partial charge in [-0.3, -0.25) is 9.69 Å². The number of hydrogen-bond donors (Lipinski definition) is 0. The molecule has 1 aromatic carbocycles. The lowest BCUT2D eigenvalue weighted by Gasteiger charge is -2.22. The van der Waals surface area contributed by atoms with Gasteiger partial charge in [-0.15, -0.1) is 21.5 Å². The van der Waals surface area contributed by atoms with Gasteiger partial charge in [-0.25, -0.2) is 4.98 Å². The van der Waals surface area contributed by atoms with E-state index in [1.165, 1.54) is 23.1 Å². The highest BCUT2D eigenvalue weighted by molar-refractivity contribution is 9.10. The van der Waals surface area contributed by atoms with Crippen LogP contribution in [0.3, 0.4) is 0 Å². The van der Waals surface area contributed by atoms with E-state index in [1.54, 1.807) is 15.8 Å². The molecule has 0 unspecified atom stereocenters. The molecule has 0 saturated carbocycles. The van der Waals surface area contributed by atoms with Gasteiger partial charge in [-0.1, -0.05) is 39.8 Å². The van der Waals surface area contributed by atoms with Crippen LogP contribution in [-0.2, 0) is 16.6 Å². The number of halogens is 1. The third kappa shape index (κ3) is 5.06. The minimum atomic E-state index is -0.00907. The molecule has 7 nitrogen and oxygen atoms in total. The molecule has 1 aliphatic rings. The number of amides is 1. The van der Waals surface area contributed by atoms with Crippen LogP contribution in [0.15, 0.2) is 45.6 Å². The topological polar surface area (TPSA) is 73.1 Å². The third-order valence-corrected chi connectivity index (χ3v) is 6.98. The number of nitrogens with zero attached hydrogens (tertiary/aromatic N) is 5. The van der Waals surface area contributed by atoms with Crippen LogP contribution < -0.4 is 4.90 Å². The molecule has 0 N–H and O–H groups in total. The van der Waals surface area contributed by atoms with Gasteiger partial charge in [0.2, 0.25) is 5.91 Å². The predicted octanol–water partition coefficient (Wildman–Crippen LogP) is 4.01. The SMILES string of the molecule is Cn1cnnc1SCC(=O)N(C[C@H]1CCCO1)c1nc(-c2ccc(Br)cc2)cs1. The van der Waals surface area contributed by atoms with Crippen molar-refractivity contribution < 1.29 is 9.53 Å². The van der Waals surface area contributed by atoms with E-state index in [4.69, 9.17) is 9.72 Å². The zero-order valence-electron chi connectivity index (χ0n) is 15.8. The second kappa shape index (κ2) is 9.38. The summed E-state index contributed by atoms with van der Waals surface area (Å²) in [5.41, 5.74) is 1.89. The first-order valence-corrected chi connectivity index (χ1v) is 11.9. The highest BCUT2D eigenvalue weighted by Crippen LogP contribution is 2.30. The molecule has 1 atom stereocenters. The highest BCUT2D eigenvalue weighted by Gasteiger charge is 2.26. The van der Waals surface area contributed by atoms with Gasteiger partial charge in [0.25, 0.3) is 0 Å². The molecule has 152 valence electrons. The van der Waals surface area contributed by atoms with Gasteiger partial charge in [0, 0.05) is 29.1 Å². The Kier molecular flexibility index (Phi) is 6.63. The molecule has 1 fully saturated rings. The number of carbonyl (C=O) groups excluding carboxylic acids is 1. The predicted molar refractivity (Wildman–Crippen MR) is 118 cm³/mol. The normalized spacial score (nSPS) is 16.3. The molecule has 2 aromatic heterocycles. The summed E-state index contributed by atoms with van der Waals surface area (Å²) in [6.45, 7) is 1.27. The summed E-state index contributed by atoms with van der Waals surface area (Å²) in [5.74, 6) is 0.261. The quantitative estimate of drug-likeness (QED) is 0.463. The van der Waals surface area contributed by atoms with Gasteiger partial charge in [-0.05, 0) is 25.0 Å². The summed E-state index contributed by atoms with van der Waals surface area (Å²) in [5, 5.41) is 11.3. The minimum Gasteiger partial charge on any atom is -0.376 e. The van der Waals surface area contributed by atoms with Crippen LogP contribution in [0.2, 0.25) is 0 Å². The first-order chi connectivity index (χ1) is 14.1. The number of carbonyl (C=O) groups is 1. The van der Waals surface area contributed by atoms with E-state index in [9.17, 15) is 4.79 Å². The summed E-state index contributed by atoms with van der Waals surface area (Å²) >= 11 is 6.31. The highest BCUT2D eigenvalue weighted by atomic mass is 79.9. The third-order valence-electron chi connectivity index (χ3n) is 4.57. The van der Waals surface area contributed by atoms with Crippen molar-refractivity contribution in [2.75, 3.05) is 23.8 Å². The molecule has 0 bridgehead atoms. The second-order valence-corrected chi connectivity index (χ2v) is 9.37. The molecule has 1 aliphatic heterocycles. The second-order valence-electron chi connectivity index (χ2n) is 6.67. The van der Waals surface area contributed by atoms with Gasteiger partial charge >= 0.3 is 0 Å². The van der Waals surface area contributed by atoms with Crippen LogP contribution >= 0.6 is 39.0 Å². The van der Waals surface area contributed by atoms with Crippen molar-refractivity contribution in [2.24, 2.45) is 7.05 Å². The van der Waals surface area contributed by atoms with Gasteiger partial charge < -0.3 is 9.30 Å². The van der Waals surface area contributed by atoms with Crippen LogP contribution in [0.1, 0.15) is 12.8 Å².